The zero-order valence-corrected chi connectivity index (χ0v) is 12.8. The summed E-state index contributed by atoms with van der Waals surface area (Å²) in [4.78, 5) is 16.0. The molecule has 0 radical (unpaired) electrons. The highest BCUT2D eigenvalue weighted by Gasteiger charge is 2.44. The Balaban J connectivity index is 1.46. The normalized spacial score (nSPS) is 16.8. The van der Waals surface area contributed by atoms with Gasteiger partial charge in [-0.15, -0.1) is 0 Å². The second-order valence-electron chi connectivity index (χ2n) is 6.13. The summed E-state index contributed by atoms with van der Waals surface area (Å²) >= 11 is 0. The molecule has 0 spiro atoms. The summed E-state index contributed by atoms with van der Waals surface area (Å²) in [6.45, 7) is 3.40. The molecule has 5 nitrogen and oxygen atoms in total. The Labute approximate surface area is 130 Å². The summed E-state index contributed by atoms with van der Waals surface area (Å²) < 4.78 is 1.96. The molecule has 5 heteroatoms. The van der Waals surface area contributed by atoms with Crippen molar-refractivity contribution >= 4 is 6.03 Å². The summed E-state index contributed by atoms with van der Waals surface area (Å²) in [5, 5.41) is 5.99. The number of urea groups is 1. The summed E-state index contributed by atoms with van der Waals surface area (Å²) in [6.07, 6.45) is 7.67. The van der Waals surface area contributed by atoms with Gasteiger partial charge in [0.15, 0.2) is 0 Å². The molecule has 3 rings (SSSR count). The molecular weight excluding hydrogens is 276 g/mol. The number of carbonyl (C=O) groups is 1. The lowest BCUT2D eigenvalue weighted by Gasteiger charge is -2.19. The van der Waals surface area contributed by atoms with Crippen LogP contribution in [0.2, 0.25) is 0 Å². The molecule has 2 aromatic rings. The lowest BCUT2D eigenvalue weighted by molar-refractivity contribution is 0.235. The topological polar surface area (TPSA) is 59.0 Å². The predicted molar refractivity (Wildman–Crippen MR) is 85.6 cm³/mol. The van der Waals surface area contributed by atoms with Gasteiger partial charge < -0.3 is 15.2 Å². The molecule has 0 aliphatic heterocycles. The van der Waals surface area contributed by atoms with Crippen molar-refractivity contribution in [1.82, 2.24) is 20.2 Å². The van der Waals surface area contributed by atoms with E-state index in [4.69, 9.17) is 0 Å². The van der Waals surface area contributed by atoms with Crippen LogP contribution >= 0.6 is 0 Å². The van der Waals surface area contributed by atoms with E-state index >= 15 is 0 Å². The lowest BCUT2D eigenvalue weighted by atomic mass is 9.96. The zero-order chi connectivity index (χ0) is 15.4. The Morgan fingerprint density at radius 1 is 1.36 bits per heavy atom. The fraction of sp³-hybridized carbons (Fsp3) is 0.412. The van der Waals surface area contributed by atoms with Crippen LogP contribution < -0.4 is 10.6 Å². The molecule has 1 aromatic carbocycles. The Morgan fingerprint density at radius 3 is 2.77 bits per heavy atom. The Hall–Kier alpha value is -2.30. The molecule has 0 unspecified atom stereocenters. The minimum Gasteiger partial charge on any atom is -0.337 e. The summed E-state index contributed by atoms with van der Waals surface area (Å²) in [6, 6.07) is 10.4. The molecule has 2 amide bonds. The first-order valence-electron chi connectivity index (χ1n) is 7.74. The van der Waals surface area contributed by atoms with Gasteiger partial charge in [-0.2, -0.15) is 0 Å². The van der Waals surface area contributed by atoms with Crippen molar-refractivity contribution in [1.29, 1.82) is 0 Å². The minimum atomic E-state index is -0.102. The Bertz CT molecular complexity index is 605. The number of nitrogens with one attached hydrogen (secondary N) is 2. The number of amides is 2. The van der Waals surface area contributed by atoms with Crippen molar-refractivity contribution in [3.05, 3.63) is 54.6 Å². The highest BCUT2D eigenvalue weighted by Crippen LogP contribution is 2.47. The van der Waals surface area contributed by atoms with E-state index in [1.54, 1.807) is 12.5 Å². The number of carbonyl (C=O) groups excluding carboxylic acids is 1. The molecule has 1 aliphatic rings. The van der Waals surface area contributed by atoms with Crippen LogP contribution in [0.25, 0.3) is 0 Å². The van der Waals surface area contributed by atoms with E-state index in [-0.39, 0.29) is 17.5 Å². The number of aromatic nitrogens is 2. The number of benzene rings is 1. The highest BCUT2D eigenvalue weighted by atomic mass is 16.2. The van der Waals surface area contributed by atoms with Gasteiger partial charge in [-0.05, 0) is 25.3 Å². The summed E-state index contributed by atoms with van der Waals surface area (Å²) in [7, 11) is 0. The fourth-order valence-corrected chi connectivity index (χ4v) is 2.79. The minimum absolute atomic E-state index is 0.0566. The first-order valence-corrected chi connectivity index (χ1v) is 7.74. The Kier molecular flexibility index (Phi) is 4.13. The third-order valence-corrected chi connectivity index (χ3v) is 4.25. The van der Waals surface area contributed by atoms with Crippen molar-refractivity contribution in [2.45, 2.75) is 37.8 Å². The third kappa shape index (κ3) is 3.47. The van der Waals surface area contributed by atoms with Crippen LogP contribution in [0.4, 0.5) is 4.79 Å². The van der Waals surface area contributed by atoms with E-state index in [0.29, 0.717) is 6.54 Å². The molecule has 1 aromatic heterocycles. The molecule has 1 heterocycles. The van der Waals surface area contributed by atoms with E-state index in [9.17, 15) is 4.79 Å². The molecule has 116 valence electrons. The van der Waals surface area contributed by atoms with Gasteiger partial charge in [-0.1, -0.05) is 30.3 Å². The maximum atomic E-state index is 12.0. The molecular formula is C17H22N4O. The van der Waals surface area contributed by atoms with Crippen LogP contribution in [0.1, 0.15) is 25.3 Å². The molecule has 2 N–H and O–H groups in total. The van der Waals surface area contributed by atoms with Crippen molar-refractivity contribution in [2.75, 3.05) is 6.54 Å². The van der Waals surface area contributed by atoms with Gasteiger partial charge in [0.2, 0.25) is 0 Å². The summed E-state index contributed by atoms with van der Waals surface area (Å²) in [5.41, 5.74) is 1.47. The van der Waals surface area contributed by atoms with E-state index in [1.807, 2.05) is 23.8 Å². The second-order valence-corrected chi connectivity index (χ2v) is 6.13. The van der Waals surface area contributed by atoms with Crippen LogP contribution in [0.3, 0.4) is 0 Å². The van der Waals surface area contributed by atoms with Crippen LogP contribution in [-0.2, 0) is 12.0 Å². The molecule has 22 heavy (non-hydrogen) atoms. The van der Waals surface area contributed by atoms with Crippen molar-refractivity contribution in [3.63, 3.8) is 0 Å². The van der Waals surface area contributed by atoms with Crippen molar-refractivity contribution in [3.8, 4) is 0 Å². The van der Waals surface area contributed by atoms with Gasteiger partial charge in [0.1, 0.15) is 0 Å². The maximum absolute atomic E-state index is 12.0. The first kappa shape index (κ1) is 14.6. The number of hydrogen-bond donors (Lipinski definition) is 2. The number of hydrogen-bond acceptors (Lipinski definition) is 2. The number of rotatable bonds is 6. The van der Waals surface area contributed by atoms with E-state index in [1.165, 1.54) is 5.56 Å². The third-order valence-electron chi connectivity index (χ3n) is 4.25. The second kappa shape index (κ2) is 6.22. The van der Waals surface area contributed by atoms with Gasteiger partial charge in [-0.25, -0.2) is 9.78 Å². The molecule has 1 atom stereocenters. The molecule has 0 saturated heterocycles. The molecule has 0 bridgehead atoms. The van der Waals surface area contributed by atoms with Crippen molar-refractivity contribution in [2.24, 2.45) is 0 Å². The van der Waals surface area contributed by atoms with Gasteiger partial charge in [0.05, 0.1) is 6.33 Å². The van der Waals surface area contributed by atoms with Crippen LogP contribution in [0, 0.1) is 0 Å². The molecule has 1 saturated carbocycles. The predicted octanol–water partition coefficient (Wildman–Crippen LogP) is 2.30. The first-order chi connectivity index (χ1) is 10.7. The number of imidazole rings is 1. The van der Waals surface area contributed by atoms with Gasteiger partial charge in [0.25, 0.3) is 0 Å². The van der Waals surface area contributed by atoms with Crippen LogP contribution in [-0.4, -0.2) is 28.2 Å². The average Bonchev–Trinajstić information content (AvgIpc) is 3.16. The van der Waals surface area contributed by atoms with Crippen LogP contribution in [0.5, 0.6) is 0 Å². The van der Waals surface area contributed by atoms with E-state index < -0.39 is 0 Å². The SMILES string of the molecule is C[C@@H](Cn1ccnc1)NC(=O)NCC1(c2ccccc2)CC1. The van der Waals surface area contributed by atoms with Crippen LogP contribution in [0.15, 0.2) is 49.1 Å². The average molecular weight is 298 g/mol. The summed E-state index contributed by atoms with van der Waals surface area (Å²) in [5.74, 6) is 0. The van der Waals surface area contributed by atoms with Gasteiger partial charge >= 0.3 is 6.03 Å². The van der Waals surface area contributed by atoms with Gasteiger partial charge in [-0.3, -0.25) is 0 Å². The largest absolute Gasteiger partial charge is 0.337 e. The monoisotopic (exact) mass is 298 g/mol. The molecule has 1 fully saturated rings. The maximum Gasteiger partial charge on any atom is 0.315 e. The lowest BCUT2D eigenvalue weighted by Crippen LogP contribution is -2.44. The smallest absolute Gasteiger partial charge is 0.315 e. The molecule has 1 aliphatic carbocycles. The number of nitrogens with zero attached hydrogens (tertiary/aromatic N) is 2. The fourth-order valence-electron chi connectivity index (χ4n) is 2.79. The van der Waals surface area contributed by atoms with Gasteiger partial charge in [0, 0.05) is 36.9 Å². The standard InChI is InChI=1S/C17H22N4O/c1-14(11-21-10-9-18-13-21)20-16(22)19-12-17(7-8-17)15-5-3-2-4-6-15/h2-6,9-10,13-14H,7-8,11-12H2,1H3,(H2,19,20,22)/t14-/m0/s1. The van der Waals surface area contributed by atoms with Crippen molar-refractivity contribution < 1.29 is 4.79 Å². The van der Waals surface area contributed by atoms with E-state index in [2.05, 4.69) is 39.9 Å². The van der Waals surface area contributed by atoms with E-state index in [0.717, 1.165) is 19.4 Å². The highest BCUT2D eigenvalue weighted by molar-refractivity contribution is 5.74. The zero-order valence-electron chi connectivity index (χ0n) is 12.8. The Morgan fingerprint density at radius 2 is 2.14 bits per heavy atom. The quantitative estimate of drug-likeness (QED) is 0.859.